The number of carbonyl (C=O) groups excluding carboxylic acids is 2. The molecule has 0 aromatic heterocycles. The number of rotatable bonds is 8. The summed E-state index contributed by atoms with van der Waals surface area (Å²) in [6, 6.07) is 17.7. The molecule has 0 aliphatic carbocycles. The van der Waals surface area contributed by atoms with Crippen LogP contribution in [0.5, 0.6) is 11.5 Å². The highest BCUT2D eigenvalue weighted by molar-refractivity contribution is 8.00. The Labute approximate surface area is 202 Å². The third kappa shape index (κ3) is 6.43. The maximum absolute atomic E-state index is 12.8. The molecule has 2 amide bonds. The number of aryl methyl sites for hydroxylation is 1. The second-order valence-electron chi connectivity index (χ2n) is 7.26. The minimum Gasteiger partial charge on any atom is -0.497 e. The molecule has 3 aromatic carbocycles. The second kappa shape index (κ2) is 11.1. The molecule has 0 fully saturated rings. The lowest BCUT2D eigenvalue weighted by Gasteiger charge is -2.16. The third-order valence-corrected chi connectivity index (χ3v) is 6.37. The predicted molar refractivity (Wildman–Crippen MR) is 134 cm³/mol. The minimum atomic E-state index is -0.391. The standard InChI is InChI=1S/C25H25ClN2O4S/c1-15-12-22(23(32-4)14-21(15)26)28-24(29)16(2)33-20-7-5-6-18(13-20)27-25(30)17-8-10-19(31-3)11-9-17/h5-14,16H,1-4H3,(H,27,30)(H,28,29). The van der Waals surface area contributed by atoms with Crippen LogP contribution in [0.2, 0.25) is 5.02 Å². The minimum absolute atomic E-state index is 0.173. The lowest BCUT2D eigenvalue weighted by atomic mass is 10.2. The lowest BCUT2D eigenvalue weighted by Crippen LogP contribution is -2.22. The van der Waals surface area contributed by atoms with Crippen molar-refractivity contribution < 1.29 is 19.1 Å². The van der Waals surface area contributed by atoms with Crippen molar-refractivity contribution in [1.29, 1.82) is 0 Å². The quantitative estimate of drug-likeness (QED) is 0.381. The van der Waals surface area contributed by atoms with Gasteiger partial charge < -0.3 is 20.1 Å². The third-order valence-electron chi connectivity index (χ3n) is 4.86. The number of anilines is 2. The van der Waals surface area contributed by atoms with Crippen molar-refractivity contribution in [3.63, 3.8) is 0 Å². The summed E-state index contributed by atoms with van der Waals surface area (Å²) in [4.78, 5) is 26.2. The number of nitrogens with one attached hydrogen (secondary N) is 2. The fraction of sp³-hybridized carbons (Fsp3) is 0.200. The van der Waals surface area contributed by atoms with E-state index in [9.17, 15) is 9.59 Å². The van der Waals surface area contributed by atoms with E-state index in [1.54, 1.807) is 49.6 Å². The van der Waals surface area contributed by atoms with E-state index in [1.165, 1.54) is 18.9 Å². The van der Waals surface area contributed by atoms with Gasteiger partial charge in [-0.05, 0) is 67.9 Å². The predicted octanol–water partition coefficient (Wildman–Crippen LogP) is 6.04. The molecule has 0 heterocycles. The van der Waals surface area contributed by atoms with E-state index >= 15 is 0 Å². The molecule has 0 aliphatic heterocycles. The van der Waals surface area contributed by atoms with Gasteiger partial charge in [0, 0.05) is 27.2 Å². The smallest absolute Gasteiger partial charge is 0.255 e. The van der Waals surface area contributed by atoms with E-state index in [2.05, 4.69) is 10.6 Å². The van der Waals surface area contributed by atoms with Crippen molar-refractivity contribution in [2.75, 3.05) is 24.9 Å². The first-order chi connectivity index (χ1) is 15.8. The summed E-state index contributed by atoms with van der Waals surface area (Å²) in [5, 5.41) is 5.97. The highest BCUT2D eigenvalue weighted by Gasteiger charge is 2.18. The maximum atomic E-state index is 12.8. The normalized spacial score (nSPS) is 11.4. The van der Waals surface area contributed by atoms with Crippen molar-refractivity contribution in [2.24, 2.45) is 0 Å². The van der Waals surface area contributed by atoms with Crippen LogP contribution in [0.3, 0.4) is 0 Å². The van der Waals surface area contributed by atoms with E-state index in [4.69, 9.17) is 21.1 Å². The summed E-state index contributed by atoms with van der Waals surface area (Å²) < 4.78 is 10.4. The molecule has 3 aromatic rings. The van der Waals surface area contributed by atoms with Crippen LogP contribution in [-0.4, -0.2) is 31.3 Å². The van der Waals surface area contributed by atoms with E-state index in [-0.39, 0.29) is 11.8 Å². The topological polar surface area (TPSA) is 76.7 Å². The number of thioether (sulfide) groups is 1. The van der Waals surface area contributed by atoms with E-state index < -0.39 is 5.25 Å². The number of hydrogen-bond donors (Lipinski definition) is 2. The van der Waals surface area contributed by atoms with E-state index in [1.807, 2.05) is 32.0 Å². The summed E-state index contributed by atoms with van der Waals surface area (Å²) in [5.74, 6) is 0.784. The van der Waals surface area contributed by atoms with Crippen LogP contribution >= 0.6 is 23.4 Å². The summed E-state index contributed by atoms with van der Waals surface area (Å²) in [5.41, 5.74) is 2.57. The van der Waals surface area contributed by atoms with Crippen molar-refractivity contribution in [1.82, 2.24) is 0 Å². The van der Waals surface area contributed by atoms with Crippen molar-refractivity contribution >= 4 is 46.6 Å². The number of methoxy groups -OCH3 is 2. The van der Waals surface area contributed by atoms with Gasteiger partial charge in [0.2, 0.25) is 5.91 Å². The second-order valence-corrected chi connectivity index (χ2v) is 9.08. The number of halogens is 1. The molecule has 1 atom stereocenters. The summed E-state index contributed by atoms with van der Waals surface area (Å²) >= 11 is 7.53. The van der Waals surface area contributed by atoms with Crippen LogP contribution in [0.1, 0.15) is 22.8 Å². The Balaban J connectivity index is 1.65. The maximum Gasteiger partial charge on any atom is 0.255 e. The summed E-state index contributed by atoms with van der Waals surface area (Å²) in [7, 11) is 3.10. The molecule has 0 bridgehead atoms. The van der Waals surface area contributed by atoms with Gasteiger partial charge in [-0.3, -0.25) is 9.59 Å². The molecule has 0 radical (unpaired) electrons. The van der Waals surface area contributed by atoms with Crippen LogP contribution in [0.25, 0.3) is 0 Å². The van der Waals surface area contributed by atoms with Gasteiger partial charge in [0.1, 0.15) is 11.5 Å². The average Bonchev–Trinajstić information content (AvgIpc) is 2.81. The molecule has 2 N–H and O–H groups in total. The van der Waals surface area contributed by atoms with Crippen LogP contribution in [0, 0.1) is 6.92 Å². The van der Waals surface area contributed by atoms with Crippen LogP contribution in [0.15, 0.2) is 65.6 Å². The molecule has 0 aliphatic rings. The number of amides is 2. The van der Waals surface area contributed by atoms with Gasteiger partial charge in [0.15, 0.2) is 0 Å². The monoisotopic (exact) mass is 484 g/mol. The molecule has 6 nitrogen and oxygen atoms in total. The first-order valence-corrected chi connectivity index (χ1v) is 11.4. The molecule has 3 rings (SSSR count). The molecule has 0 saturated heterocycles. The largest absolute Gasteiger partial charge is 0.497 e. The molecule has 0 spiro atoms. The summed E-state index contributed by atoms with van der Waals surface area (Å²) in [6.07, 6.45) is 0. The molecule has 33 heavy (non-hydrogen) atoms. The van der Waals surface area contributed by atoms with Crippen molar-refractivity contribution in [3.05, 3.63) is 76.8 Å². The number of carbonyl (C=O) groups is 2. The van der Waals surface area contributed by atoms with Gasteiger partial charge in [-0.15, -0.1) is 11.8 Å². The Morgan fingerprint density at radius 1 is 0.970 bits per heavy atom. The van der Waals surface area contributed by atoms with Crippen molar-refractivity contribution in [3.8, 4) is 11.5 Å². The van der Waals surface area contributed by atoms with Gasteiger partial charge in [0.25, 0.3) is 5.91 Å². The average molecular weight is 485 g/mol. The van der Waals surface area contributed by atoms with Crippen molar-refractivity contribution in [2.45, 2.75) is 24.0 Å². The molecule has 8 heteroatoms. The fourth-order valence-electron chi connectivity index (χ4n) is 3.01. The van der Waals surface area contributed by atoms with Gasteiger partial charge >= 0.3 is 0 Å². The first kappa shape index (κ1) is 24.5. The van der Waals surface area contributed by atoms with E-state index in [0.717, 1.165) is 10.5 Å². The van der Waals surface area contributed by atoms with Gasteiger partial charge in [-0.2, -0.15) is 0 Å². The number of benzene rings is 3. The first-order valence-electron chi connectivity index (χ1n) is 10.2. The Morgan fingerprint density at radius 2 is 1.70 bits per heavy atom. The van der Waals surface area contributed by atoms with Gasteiger partial charge in [0.05, 0.1) is 25.2 Å². The highest BCUT2D eigenvalue weighted by atomic mass is 35.5. The van der Waals surface area contributed by atoms with Gasteiger partial charge in [-0.1, -0.05) is 17.7 Å². The Morgan fingerprint density at radius 3 is 2.36 bits per heavy atom. The number of ether oxygens (including phenoxy) is 2. The molecule has 1 unspecified atom stereocenters. The zero-order chi connectivity index (χ0) is 24.0. The molecule has 0 saturated carbocycles. The molecule has 172 valence electrons. The molecular formula is C25H25ClN2O4S. The Hall–Kier alpha value is -3.16. The zero-order valence-electron chi connectivity index (χ0n) is 18.8. The Bertz CT molecular complexity index is 1150. The van der Waals surface area contributed by atoms with Crippen LogP contribution in [-0.2, 0) is 4.79 Å². The SMILES string of the molecule is COc1ccc(C(=O)Nc2cccc(SC(C)C(=O)Nc3cc(C)c(Cl)cc3OC)c2)cc1. The van der Waals surface area contributed by atoms with Crippen LogP contribution < -0.4 is 20.1 Å². The van der Waals surface area contributed by atoms with Gasteiger partial charge in [-0.25, -0.2) is 0 Å². The summed E-state index contributed by atoms with van der Waals surface area (Å²) in [6.45, 7) is 3.68. The highest BCUT2D eigenvalue weighted by Crippen LogP contribution is 2.32. The zero-order valence-corrected chi connectivity index (χ0v) is 20.3. The lowest BCUT2D eigenvalue weighted by molar-refractivity contribution is -0.115. The number of hydrogen-bond acceptors (Lipinski definition) is 5. The fourth-order valence-corrected chi connectivity index (χ4v) is 4.09. The van der Waals surface area contributed by atoms with Crippen LogP contribution in [0.4, 0.5) is 11.4 Å². The molecular weight excluding hydrogens is 460 g/mol. The van der Waals surface area contributed by atoms with E-state index in [0.29, 0.717) is 33.5 Å². The Kier molecular flexibility index (Phi) is 8.25.